The Morgan fingerprint density at radius 1 is 0.591 bits per heavy atom. The van der Waals surface area contributed by atoms with Crippen LogP contribution in [0.25, 0.3) is 32.7 Å². The third kappa shape index (κ3) is 6.87. The van der Waals surface area contributed by atoms with Gasteiger partial charge in [0.25, 0.3) is 0 Å². The molecule has 0 radical (unpaired) electrons. The molecular formula is C41H36Cl2Zr-2. The number of rotatable bonds is 2. The fraction of sp³-hybridized carbons (Fsp3) is 0.195. The predicted octanol–water partition coefficient (Wildman–Crippen LogP) is 4.18. The quantitative estimate of drug-likeness (QED) is 0.277. The van der Waals surface area contributed by atoms with Gasteiger partial charge in [-0.1, -0.05) is 106 Å². The van der Waals surface area contributed by atoms with Crippen LogP contribution < -0.4 is 24.8 Å². The summed E-state index contributed by atoms with van der Waals surface area (Å²) in [5, 5.41) is 5.33. The molecule has 4 aromatic rings. The molecule has 4 aliphatic rings. The van der Waals surface area contributed by atoms with Crippen molar-refractivity contribution in [2.45, 2.75) is 40.5 Å². The smallest absolute Gasteiger partial charge is 0.0263 e. The van der Waals surface area contributed by atoms with E-state index in [2.05, 4.69) is 137 Å². The zero-order chi connectivity index (χ0) is 29.2. The molecule has 4 aliphatic carbocycles. The average molecular weight is 691 g/mol. The van der Waals surface area contributed by atoms with Crippen LogP contribution in [0.15, 0.2) is 120 Å². The van der Waals surface area contributed by atoms with Crippen molar-refractivity contribution in [3.05, 3.63) is 155 Å². The zero-order valence-electron chi connectivity index (χ0n) is 25.7. The van der Waals surface area contributed by atoms with Crippen molar-refractivity contribution in [3.63, 3.8) is 0 Å². The van der Waals surface area contributed by atoms with Crippen LogP contribution in [0, 0.1) is 24.0 Å². The summed E-state index contributed by atoms with van der Waals surface area (Å²) in [5.74, 6) is 1.60. The number of hydrogen-bond donors (Lipinski definition) is 0. The number of halogens is 2. The van der Waals surface area contributed by atoms with Crippen molar-refractivity contribution in [2.24, 2.45) is 11.8 Å². The molecule has 0 amide bonds. The first kappa shape index (κ1) is 34.1. The first-order valence-corrected chi connectivity index (χ1v) is 16.3. The van der Waals surface area contributed by atoms with Crippen molar-refractivity contribution in [1.29, 1.82) is 0 Å². The minimum atomic E-state index is 0. The Kier molecular flexibility index (Phi) is 11.6. The molecule has 8 rings (SSSR count). The first-order chi connectivity index (χ1) is 20.4. The fourth-order valence-electron chi connectivity index (χ4n) is 6.21. The van der Waals surface area contributed by atoms with E-state index >= 15 is 0 Å². The Morgan fingerprint density at radius 3 is 1.39 bits per heavy atom. The summed E-state index contributed by atoms with van der Waals surface area (Å²) in [6.07, 6.45) is 21.8. The Morgan fingerprint density at radius 2 is 1.00 bits per heavy atom. The second kappa shape index (κ2) is 15.0. The Balaban J connectivity index is 0.000000158. The van der Waals surface area contributed by atoms with Gasteiger partial charge in [-0.05, 0) is 23.6 Å². The fourth-order valence-corrected chi connectivity index (χ4v) is 6.21. The summed E-state index contributed by atoms with van der Waals surface area (Å²) >= 11 is 1.61. The van der Waals surface area contributed by atoms with Gasteiger partial charge >= 0.3 is 67.0 Å². The number of fused-ring (bicyclic) bond motifs is 10. The summed E-state index contributed by atoms with van der Waals surface area (Å²) in [7, 11) is 0. The largest absolute Gasteiger partial charge is 1.00 e. The van der Waals surface area contributed by atoms with Crippen molar-refractivity contribution in [1.82, 2.24) is 0 Å². The van der Waals surface area contributed by atoms with Gasteiger partial charge in [0.1, 0.15) is 0 Å². The topological polar surface area (TPSA) is 0 Å². The third-order valence-corrected chi connectivity index (χ3v) is 11.3. The van der Waals surface area contributed by atoms with E-state index < -0.39 is 0 Å². The van der Waals surface area contributed by atoms with E-state index in [0.29, 0.717) is 0 Å². The molecule has 0 saturated heterocycles. The van der Waals surface area contributed by atoms with Crippen molar-refractivity contribution >= 4 is 35.9 Å². The first-order valence-electron chi connectivity index (χ1n) is 15.0. The van der Waals surface area contributed by atoms with Gasteiger partial charge in [-0.2, -0.15) is 24.3 Å². The van der Waals surface area contributed by atoms with Crippen molar-refractivity contribution in [3.8, 4) is 0 Å². The van der Waals surface area contributed by atoms with E-state index in [-0.39, 0.29) is 24.8 Å². The number of allylic oxidation sites excluding steroid dienone is 12. The molecular weight excluding hydrogens is 655 g/mol. The van der Waals surface area contributed by atoms with Crippen LogP contribution >= 0.6 is 0 Å². The van der Waals surface area contributed by atoms with Crippen molar-refractivity contribution in [2.75, 3.05) is 0 Å². The number of hydrogen-bond acceptors (Lipinski definition) is 0. The van der Waals surface area contributed by atoms with Crippen LogP contribution in [-0.4, -0.2) is 3.21 Å². The minimum Gasteiger partial charge on any atom is -1.00 e. The van der Waals surface area contributed by atoms with Gasteiger partial charge in [-0.25, -0.2) is 0 Å². The minimum absolute atomic E-state index is 0. The van der Waals surface area contributed by atoms with Crippen LogP contribution in [0.5, 0.6) is 0 Å². The Bertz CT molecular complexity index is 1760. The normalized spacial score (nSPS) is 14.7. The maximum absolute atomic E-state index is 3.37. The molecule has 0 saturated carbocycles. The van der Waals surface area contributed by atoms with E-state index in [1.165, 1.54) is 66.1 Å². The molecule has 0 bridgehead atoms. The van der Waals surface area contributed by atoms with Gasteiger partial charge in [0.15, 0.2) is 0 Å². The zero-order valence-corrected chi connectivity index (χ0v) is 29.7. The van der Waals surface area contributed by atoms with Gasteiger partial charge in [-0.3, -0.25) is 0 Å². The molecule has 0 spiro atoms. The summed E-state index contributed by atoms with van der Waals surface area (Å²) in [6.45, 7) is 9.07. The number of benzene rings is 4. The van der Waals surface area contributed by atoms with E-state index in [4.69, 9.17) is 0 Å². The van der Waals surface area contributed by atoms with E-state index in [9.17, 15) is 0 Å². The van der Waals surface area contributed by atoms with E-state index in [1.54, 1.807) is 27.4 Å². The standard InChI is InChI=1S/2C17H11.C7H14.2ClH.Zr/c2*1-2-6-15-12(4-1)8-10-14-11-9-13-5-3-7-16(13)17(14)15;1-6(2)5-7(3)4;;;/h2*1-6,8-10H,11H2;6-7H,1-4H3;2*1H;/q2*-1;;;;+2/p-2. The van der Waals surface area contributed by atoms with Gasteiger partial charge < -0.3 is 24.8 Å². The van der Waals surface area contributed by atoms with Crippen LogP contribution in [0.1, 0.15) is 49.9 Å². The molecule has 0 fully saturated rings. The van der Waals surface area contributed by atoms with Crippen LogP contribution in [0.3, 0.4) is 0 Å². The molecule has 4 aromatic carbocycles. The molecule has 0 atom stereocenters. The molecule has 0 N–H and O–H groups in total. The third-order valence-electron chi connectivity index (χ3n) is 8.42. The molecule has 0 unspecified atom stereocenters. The van der Waals surface area contributed by atoms with Gasteiger partial charge in [-0.15, -0.1) is 46.6 Å². The summed E-state index contributed by atoms with van der Waals surface area (Å²) in [4.78, 5) is 0. The van der Waals surface area contributed by atoms with Gasteiger partial charge in [0.05, 0.1) is 0 Å². The molecule has 0 nitrogen and oxygen atoms in total. The molecule has 0 aromatic heterocycles. The summed E-state index contributed by atoms with van der Waals surface area (Å²) in [6, 6.07) is 26.1. The Hall–Kier alpha value is -2.83. The summed E-state index contributed by atoms with van der Waals surface area (Å²) in [5.41, 5.74) is 10.8. The predicted molar refractivity (Wildman–Crippen MR) is 178 cm³/mol. The van der Waals surface area contributed by atoms with Gasteiger partial charge in [0, 0.05) is 0 Å². The molecule has 44 heavy (non-hydrogen) atoms. The second-order valence-electron chi connectivity index (χ2n) is 11.8. The maximum Gasteiger partial charge on any atom is -0.0263 e. The van der Waals surface area contributed by atoms with E-state index in [0.717, 1.165) is 24.7 Å². The van der Waals surface area contributed by atoms with Gasteiger partial charge in [0.2, 0.25) is 0 Å². The van der Waals surface area contributed by atoms with Crippen molar-refractivity contribution < 1.29 is 49.0 Å². The molecule has 0 aliphatic heterocycles. The molecule has 0 heterocycles. The molecule has 3 heteroatoms. The summed E-state index contributed by atoms with van der Waals surface area (Å²) < 4.78 is 1.69. The van der Waals surface area contributed by atoms with Crippen LogP contribution in [0.2, 0.25) is 0 Å². The van der Waals surface area contributed by atoms with E-state index in [1.807, 2.05) is 12.2 Å². The van der Waals surface area contributed by atoms with Crippen LogP contribution in [0.4, 0.5) is 0 Å². The second-order valence-corrected chi connectivity index (χ2v) is 13.3. The molecule has 220 valence electrons. The average Bonchev–Trinajstić information content (AvgIpc) is 3.71. The SMILES string of the molecule is CC(C)[C](=[Zr+2])C(C)C.[C-]1=C2C(=CCc3ccc4ccccc4c32)C=C1.[C-]1=C2C(=CCc3ccc4ccccc4c32)C=C1.[Cl-].[Cl-]. The van der Waals surface area contributed by atoms with Crippen LogP contribution in [-0.2, 0) is 37.1 Å². The monoisotopic (exact) mass is 688 g/mol. The Labute approximate surface area is 290 Å². The maximum atomic E-state index is 3.37.